The molecule has 2 unspecified atom stereocenters. The van der Waals surface area contributed by atoms with Gasteiger partial charge in [0, 0.05) is 55.3 Å². The highest BCUT2D eigenvalue weighted by molar-refractivity contribution is 5.85. The summed E-state index contributed by atoms with van der Waals surface area (Å²) in [6, 6.07) is 7.95. The molecule has 0 spiro atoms. The van der Waals surface area contributed by atoms with Crippen LogP contribution >= 0.6 is 0 Å². The molecule has 9 heteroatoms. The first-order chi connectivity index (χ1) is 14.7. The molecule has 2 aliphatic heterocycles. The molecule has 1 fully saturated rings. The minimum atomic E-state index is -4.72. The van der Waals surface area contributed by atoms with Gasteiger partial charge >= 0.3 is 11.8 Å². The molecule has 162 valence electrons. The van der Waals surface area contributed by atoms with Crippen LogP contribution < -0.4 is 11.2 Å². The number of benzene rings is 1. The first-order valence-corrected chi connectivity index (χ1v) is 9.98. The molecule has 0 amide bonds. The number of aromatic hydroxyl groups is 1. The number of piperidine rings is 1. The first-order valence-electron chi connectivity index (χ1n) is 9.98. The van der Waals surface area contributed by atoms with Crippen molar-refractivity contribution in [2.24, 2.45) is 5.92 Å². The summed E-state index contributed by atoms with van der Waals surface area (Å²) in [5, 5.41) is 10.1. The zero-order chi connectivity index (χ0) is 21.9. The molecular formula is C22H19F3N2O4. The molecule has 4 heterocycles. The van der Waals surface area contributed by atoms with E-state index in [4.69, 9.17) is 4.42 Å². The van der Waals surface area contributed by atoms with E-state index in [0.717, 1.165) is 18.2 Å². The minimum Gasteiger partial charge on any atom is -0.507 e. The van der Waals surface area contributed by atoms with Gasteiger partial charge in [-0.1, -0.05) is 6.07 Å². The lowest BCUT2D eigenvalue weighted by Gasteiger charge is -2.42. The Morgan fingerprint density at radius 3 is 2.68 bits per heavy atom. The molecule has 0 saturated carbocycles. The van der Waals surface area contributed by atoms with Crippen LogP contribution in [0.4, 0.5) is 13.2 Å². The summed E-state index contributed by atoms with van der Waals surface area (Å²) in [6.45, 7) is 1.92. The zero-order valence-electron chi connectivity index (χ0n) is 16.4. The summed E-state index contributed by atoms with van der Waals surface area (Å²) in [6.07, 6.45) is -3.80. The Hall–Kier alpha value is -3.07. The fourth-order valence-electron chi connectivity index (χ4n) is 5.01. The molecule has 5 rings (SSSR count). The van der Waals surface area contributed by atoms with E-state index in [0.29, 0.717) is 25.7 Å². The smallest absolute Gasteiger partial charge is 0.417 e. The topological polar surface area (TPSA) is 75.7 Å². The van der Waals surface area contributed by atoms with Crippen molar-refractivity contribution in [2.45, 2.75) is 31.6 Å². The van der Waals surface area contributed by atoms with Crippen molar-refractivity contribution in [1.29, 1.82) is 0 Å². The summed E-state index contributed by atoms with van der Waals surface area (Å²) in [4.78, 5) is 26.1. The summed E-state index contributed by atoms with van der Waals surface area (Å²) in [5.41, 5.74) is -1.37. The Kier molecular flexibility index (Phi) is 4.47. The highest BCUT2D eigenvalue weighted by atomic mass is 19.4. The van der Waals surface area contributed by atoms with Crippen LogP contribution in [0.5, 0.6) is 5.75 Å². The molecule has 0 radical (unpaired) electrons. The Morgan fingerprint density at radius 1 is 1.10 bits per heavy atom. The predicted octanol–water partition coefficient (Wildman–Crippen LogP) is 3.30. The van der Waals surface area contributed by atoms with Gasteiger partial charge in [-0.25, -0.2) is 4.79 Å². The molecule has 1 saturated heterocycles. The highest BCUT2D eigenvalue weighted by Crippen LogP contribution is 2.39. The van der Waals surface area contributed by atoms with E-state index in [2.05, 4.69) is 0 Å². The number of pyridine rings is 1. The van der Waals surface area contributed by atoms with Gasteiger partial charge in [-0.3, -0.25) is 9.69 Å². The van der Waals surface area contributed by atoms with Gasteiger partial charge in [-0.05, 0) is 30.5 Å². The number of likely N-dealkylation sites (tertiary alicyclic amines) is 1. The maximum atomic E-state index is 13.4. The van der Waals surface area contributed by atoms with Crippen LogP contribution in [0.25, 0.3) is 11.0 Å². The van der Waals surface area contributed by atoms with Crippen molar-refractivity contribution in [1.82, 2.24) is 9.47 Å². The lowest BCUT2D eigenvalue weighted by Crippen LogP contribution is -2.46. The second-order valence-electron chi connectivity index (χ2n) is 8.31. The van der Waals surface area contributed by atoms with Crippen LogP contribution in [0.15, 0.2) is 50.4 Å². The molecule has 2 aliphatic rings. The Labute approximate surface area is 174 Å². The maximum Gasteiger partial charge on any atom is 0.417 e. The third-order valence-electron chi connectivity index (χ3n) is 6.23. The molecule has 0 aliphatic carbocycles. The monoisotopic (exact) mass is 432 g/mol. The van der Waals surface area contributed by atoms with Crippen molar-refractivity contribution in [3.63, 3.8) is 0 Å². The van der Waals surface area contributed by atoms with Gasteiger partial charge in [0.05, 0.1) is 11.1 Å². The van der Waals surface area contributed by atoms with Gasteiger partial charge in [0.15, 0.2) is 0 Å². The SMILES string of the molecule is O=c1cc(C(F)(F)F)c2ccc(O)c(CN3CC4CC(C3)c3cccc(=O)n3C4)c2o1. The molecule has 2 bridgehead atoms. The van der Waals surface area contributed by atoms with E-state index in [9.17, 15) is 27.9 Å². The highest BCUT2D eigenvalue weighted by Gasteiger charge is 2.37. The van der Waals surface area contributed by atoms with Gasteiger partial charge in [0.25, 0.3) is 5.56 Å². The van der Waals surface area contributed by atoms with Crippen molar-refractivity contribution in [3.05, 3.63) is 74.0 Å². The number of nitrogens with zero attached hydrogens (tertiary/aromatic N) is 2. The van der Waals surface area contributed by atoms with Crippen LogP contribution in [-0.4, -0.2) is 27.7 Å². The number of phenols is 1. The van der Waals surface area contributed by atoms with Gasteiger partial charge in [-0.15, -0.1) is 0 Å². The molecular weight excluding hydrogens is 413 g/mol. The Bertz CT molecular complexity index is 1290. The number of halogens is 3. The minimum absolute atomic E-state index is 0.0335. The lowest BCUT2D eigenvalue weighted by molar-refractivity contribution is -0.136. The maximum absolute atomic E-state index is 13.4. The van der Waals surface area contributed by atoms with Gasteiger partial charge in [0.2, 0.25) is 0 Å². The normalized spacial score (nSPS) is 21.3. The van der Waals surface area contributed by atoms with Gasteiger partial charge < -0.3 is 14.1 Å². The van der Waals surface area contributed by atoms with Crippen molar-refractivity contribution in [2.75, 3.05) is 13.1 Å². The van der Waals surface area contributed by atoms with E-state index in [1.165, 1.54) is 12.1 Å². The molecule has 6 nitrogen and oxygen atoms in total. The van der Waals surface area contributed by atoms with Crippen LogP contribution in [0.3, 0.4) is 0 Å². The molecule has 1 N–H and O–H groups in total. The van der Waals surface area contributed by atoms with Crippen LogP contribution in [0.2, 0.25) is 0 Å². The Balaban J connectivity index is 1.53. The average Bonchev–Trinajstić information content (AvgIpc) is 2.70. The largest absolute Gasteiger partial charge is 0.507 e. The predicted molar refractivity (Wildman–Crippen MR) is 106 cm³/mol. The zero-order valence-corrected chi connectivity index (χ0v) is 16.4. The first kappa shape index (κ1) is 19.9. The number of hydrogen-bond donors (Lipinski definition) is 1. The second-order valence-corrected chi connectivity index (χ2v) is 8.31. The molecule has 3 aromatic rings. The molecule has 2 atom stereocenters. The standard InChI is InChI=1S/C22H19F3N2O4/c23-22(24,25)16-7-20(30)31-21-14(16)4-5-18(28)15(21)11-26-8-12-6-13(10-26)17-2-1-3-19(29)27(17)9-12/h1-5,7,12-13,28H,6,8-11H2. The fourth-order valence-corrected chi connectivity index (χ4v) is 5.01. The van der Waals surface area contributed by atoms with E-state index in [1.54, 1.807) is 10.6 Å². The van der Waals surface area contributed by atoms with Crippen LogP contribution in [0, 0.1) is 5.92 Å². The third-order valence-corrected chi connectivity index (χ3v) is 6.23. The Morgan fingerprint density at radius 2 is 1.90 bits per heavy atom. The lowest BCUT2D eigenvalue weighted by atomic mass is 9.83. The van der Waals surface area contributed by atoms with Crippen LogP contribution in [-0.2, 0) is 19.3 Å². The number of fused-ring (bicyclic) bond motifs is 5. The quantitative estimate of drug-likeness (QED) is 0.629. The molecule has 2 aromatic heterocycles. The van der Waals surface area contributed by atoms with Crippen molar-refractivity contribution in [3.8, 4) is 5.75 Å². The number of alkyl halides is 3. The van der Waals surface area contributed by atoms with E-state index >= 15 is 0 Å². The summed E-state index contributed by atoms with van der Waals surface area (Å²) >= 11 is 0. The van der Waals surface area contributed by atoms with Gasteiger partial charge in [0.1, 0.15) is 11.3 Å². The summed E-state index contributed by atoms with van der Waals surface area (Å²) in [7, 11) is 0. The van der Waals surface area contributed by atoms with Crippen LogP contribution in [0.1, 0.15) is 29.2 Å². The summed E-state index contributed by atoms with van der Waals surface area (Å²) < 4.78 is 47.2. The number of rotatable bonds is 2. The number of aromatic nitrogens is 1. The van der Waals surface area contributed by atoms with Gasteiger partial charge in [-0.2, -0.15) is 13.2 Å². The van der Waals surface area contributed by atoms with E-state index in [1.807, 2.05) is 11.0 Å². The van der Waals surface area contributed by atoms with E-state index in [-0.39, 0.29) is 46.2 Å². The van der Waals surface area contributed by atoms with Crippen molar-refractivity contribution < 1.29 is 22.7 Å². The second kappa shape index (κ2) is 6.98. The fraction of sp³-hybridized carbons (Fsp3) is 0.364. The number of hydrogen-bond acceptors (Lipinski definition) is 5. The third kappa shape index (κ3) is 3.42. The average molecular weight is 432 g/mol. The number of phenolic OH excluding ortho intramolecular Hbond substituents is 1. The van der Waals surface area contributed by atoms with E-state index < -0.39 is 17.4 Å². The van der Waals surface area contributed by atoms with Crippen molar-refractivity contribution >= 4 is 11.0 Å². The summed E-state index contributed by atoms with van der Waals surface area (Å²) in [5.74, 6) is 0.0970. The molecule has 31 heavy (non-hydrogen) atoms. The molecule has 1 aromatic carbocycles.